The Morgan fingerprint density at radius 2 is 1.93 bits per heavy atom. The molecule has 2 rings (SSSR count). The molecule has 0 bridgehead atoms. The zero-order chi connectivity index (χ0) is 19.6. The number of carbonyl (C=O) groups is 1. The van der Waals surface area contributed by atoms with E-state index in [4.69, 9.17) is 19.9 Å². The zero-order valence-corrected chi connectivity index (χ0v) is 16.8. The van der Waals surface area contributed by atoms with Gasteiger partial charge in [-0.15, -0.1) is 0 Å². The van der Waals surface area contributed by atoms with E-state index in [1.165, 1.54) is 6.21 Å². The van der Waals surface area contributed by atoms with Gasteiger partial charge in [-0.2, -0.15) is 5.10 Å². The van der Waals surface area contributed by atoms with Gasteiger partial charge in [0.25, 0.3) is 0 Å². The lowest BCUT2D eigenvalue weighted by molar-refractivity contribution is 0.207. The van der Waals surface area contributed by atoms with Crippen molar-refractivity contribution in [3.05, 3.63) is 52.0 Å². The molecule has 2 aromatic rings. The average molecular weight is 436 g/mol. The van der Waals surface area contributed by atoms with Crippen molar-refractivity contribution in [2.24, 2.45) is 10.8 Å². The molecule has 27 heavy (non-hydrogen) atoms. The summed E-state index contributed by atoms with van der Waals surface area (Å²) < 4.78 is 17.9. The van der Waals surface area contributed by atoms with Gasteiger partial charge in [-0.3, -0.25) is 0 Å². The first-order valence-corrected chi connectivity index (χ1v) is 9.16. The largest absolute Gasteiger partial charge is 0.490 e. The van der Waals surface area contributed by atoms with E-state index in [1.807, 2.05) is 38.1 Å². The number of para-hydroxylation sites is 1. The summed E-state index contributed by atoms with van der Waals surface area (Å²) in [6.45, 7) is 5.10. The van der Waals surface area contributed by atoms with Gasteiger partial charge in [0, 0.05) is 0 Å². The van der Waals surface area contributed by atoms with Gasteiger partial charge in [-0.1, -0.05) is 18.2 Å². The Bertz CT molecular complexity index is 812. The van der Waals surface area contributed by atoms with E-state index in [0.29, 0.717) is 41.4 Å². The van der Waals surface area contributed by atoms with Gasteiger partial charge in [0.05, 0.1) is 17.3 Å². The van der Waals surface area contributed by atoms with Crippen LogP contribution >= 0.6 is 15.9 Å². The predicted molar refractivity (Wildman–Crippen MR) is 108 cm³/mol. The van der Waals surface area contributed by atoms with Gasteiger partial charge < -0.3 is 19.9 Å². The molecule has 3 N–H and O–H groups in total. The molecule has 0 spiro atoms. The molecule has 0 unspecified atom stereocenters. The average Bonchev–Trinajstić information content (AvgIpc) is 2.62. The highest BCUT2D eigenvalue weighted by molar-refractivity contribution is 9.10. The smallest absolute Gasteiger partial charge is 0.332 e. The van der Waals surface area contributed by atoms with Crippen LogP contribution in [0.3, 0.4) is 0 Å². The molecule has 0 aromatic heterocycles. The molecule has 0 radical (unpaired) electrons. The van der Waals surface area contributed by atoms with Crippen LogP contribution in [0.2, 0.25) is 0 Å². The van der Waals surface area contributed by atoms with Gasteiger partial charge in [0.15, 0.2) is 11.5 Å². The molecule has 0 atom stereocenters. The fraction of sp³-hybridized carbons (Fsp3) is 0.263. The van der Waals surface area contributed by atoms with E-state index in [-0.39, 0.29) is 0 Å². The van der Waals surface area contributed by atoms with Crippen molar-refractivity contribution in [1.29, 1.82) is 0 Å². The number of urea groups is 1. The van der Waals surface area contributed by atoms with Crippen LogP contribution in [0.15, 0.2) is 46.0 Å². The number of primary amides is 1. The van der Waals surface area contributed by atoms with Crippen LogP contribution in [0.4, 0.5) is 4.79 Å². The normalized spacial score (nSPS) is 10.6. The monoisotopic (exact) mass is 435 g/mol. The molecule has 0 aliphatic carbocycles. The minimum absolute atomic E-state index is 0.351. The summed E-state index contributed by atoms with van der Waals surface area (Å²) >= 11 is 3.48. The maximum absolute atomic E-state index is 10.7. The van der Waals surface area contributed by atoms with Crippen molar-refractivity contribution in [3.63, 3.8) is 0 Å². The fourth-order valence-corrected chi connectivity index (χ4v) is 2.82. The third-order valence-electron chi connectivity index (χ3n) is 3.40. The second-order valence-corrected chi connectivity index (χ2v) is 6.31. The number of nitrogens with zero attached hydrogens (tertiary/aromatic N) is 1. The van der Waals surface area contributed by atoms with E-state index >= 15 is 0 Å². The number of halogens is 1. The summed E-state index contributed by atoms with van der Waals surface area (Å²) in [6.07, 6.45) is 1.46. The molecule has 0 fully saturated rings. The van der Waals surface area contributed by atoms with E-state index in [2.05, 4.69) is 26.5 Å². The molecule has 0 saturated heterocycles. The Labute approximate surface area is 166 Å². The van der Waals surface area contributed by atoms with E-state index in [9.17, 15) is 4.79 Å². The molecule has 0 heterocycles. The SMILES string of the molecule is CCOc1cc(/C=N\NC(N)=O)cc(Br)c1OCCOc1ccccc1C. The van der Waals surface area contributed by atoms with Crippen molar-refractivity contribution < 1.29 is 19.0 Å². The number of hydrazone groups is 1. The van der Waals surface area contributed by atoms with Gasteiger partial charge in [0.2, 0.25) is 0 Å². The van der Waals surface area contributed by atoms with Crippen LogP contribution in [0.5, 0.6) is 17.2 Å². The summed E-state index contributed by atoms with van der Waals surface area (Å²) in [4.78, 5) is 10.7. The first-order valence-electron chi connectivity index (χ1n) is 8.37. The van der Waals surface area contributed by atoms with Gasteiger partial charge in [0.1, 0.15) is 19.0 Å². The molecule has 2 aromatic carbocycles. The summed E-state index contributed by atoms with van der Waals surface area (Å²) in [5.74, 6) is 1.97. The third-order valence-corrected chi connectivity index (χ3v) is 3.99. The number of nitrogens with two attached hydrogens (primary N) is 1. The van der Waals surface area contributed by atoms with Gasteiger partial charge >= 0.3 is 6.03 Å². The van der Waals surface area contributed by atoms with E-state index in [0.717, 1.165) is 11.3 Å². The molecule has 0 aliphatic heterocycles. The molecule has 0 saturated carbocycles. The molecule has 144 valence electrons. The lowest BCUT2D eigenvalue weighted by Gasteiger charge is -2.15. The second-order valence-electron chi connectivity index (χ2n) is 5.46. The zero-order valence-electron chi connectivity index (χ0n) is 15.2. The van der Waals surface area contributed by atoms with Gasteiger partial charge in [-0.05, 0) is 59.1 Å². The number of aryl methyl sites for hydroxylation is 1. The third kappa shape index (κ3) is 6.49. The van der Waals surface area contributed by atoms with Crippen molar-refractivity contribution in [3.8, 4) is 17.2 Å². The highest BCUT2D eigenvalue weighted by Crippen LogP contribution is 2.36. The quantitative estimate of drug-likeness (QED) is 0.357. The van der Waals surface area contributed by atoms with E-state index in [1.54, 1.807) is 12.1 Å². The number of rotatable bonds is 9. The minimum atomic E-state index is -0.732. The molecule has 2 amide bonds. The number of benzene rings is 2. The Morgan fingerprint density at radius 3 is 2.63 bits per heavy atom. The Hall–Kier alpha value is -2.74. The van der Waals surface area contributed by atoms with Crippen LogP contribution in [-0.2, 0) is 0 Å². The lowest BCUT2D eigenvalue weighted by Crippen LogP contribution is -2.24. The Kier molecular flexibility index (Phi) is 7.94. The van der Waals surface area contributed by atoms with Crippen molar-refractivity contribution in [2.45, 2.75) is 13.8 Å². The Morgan fingerprint density at radius 1 is 1.19 bits per heavy atom. The summed E-state index contributed by atoms with van der Waals surface area (Å²) in [5, 5.41) is 3.74. The predicted octanol–water partition coefficient (Wildman–Crippen LogP) is 3.62. The number of hydrogen-bond acceptors (Lipinski definition) is 5. The first-order chi connectivity index (χ1) is 13.0. The van der Waals surface area contributed by atoms with Crippen LogP contribution < -0.4 is 25.4 Å². The number of amides is 2. The first kappa shape index (κ1) is 20.6. The topological polar surface area (TPSA) is 95.2 Å². The maximum atomic E-state index is 10.7. The highest BCUT2D eigenvalue weighted by atomic mass is 79.9. The van der Waals surface area contributed by atoms with Crippen LogP contribution in [-0.4, -0.2) is 32.1 Å². The minimum Gasteiger partial charge on any atom is -0.490 e. The van der Waals surface area contributed by atoms with Crippen molar-refractivity contribution in [1.82, 2.24) is 5.43 Å². The Balaban J connectivity index is 2.03. The number of nitrogens with one attached hydrogen (secondary N) is 1. The maximum Gasteiger partial charge on any atom is 0.332 e. The lowest BCUT2D eigenvalue weighted by atomic mass is 10.2. The molecule has 7 nitrogen and oxygen atoms in total. The molecule has 0 aliphatic rings. The summed E-state index contributed by atoms with van der Waals surface area (Å²) in [5.41, 5.74) is 8.91. The van der Waals surface area contributed by atoms with Crippen LogP contribution in [0, 0.1) is 6.92 Å². The van der Waals surface area contributed by atoms with Crippen molar-refractivity contribution in [2.75, 3.05) is 19.8 Å². The highest BCUT2D eigenvalue weighted by Gasteiger charge is 2.12. The van der Waals surface area contributed by atoms with Crippen LogP contribution in [0.1, 0.15) is 18.1 Å². The summed E-state index contributed by atoms with van der Waals surface area (Å²) in [7, 11) is 0. The number of carbonyl (C=O) groups excluding carboxylic acids is 1. The number of ether oxygens (including phenoxy) is 3. The summed E-state index contributed by atoms with van der Waals surface area (Å²) in [6, 6.07) is 10.6. The van der Waals surface area contributed by atoms with E-state index < -0.39 is 6.03 Å². The van der Waals surface area contributed by atoms with Crippen LogP contribution in [0.25, 0.3) is 0 Å². The molecule has 8 heteroatoms. The molecular weight excluding hydrogens is 414 g/mol. The van der Waals surface area contributed by atoms with Gasteiger partial charge in [-0.25, -0.2) is 10.2 Å². The van der Waals surface area contributed by atoms with Crippen molar-refractivity contribution >= 4 is 28.2 Å². The fourth-order valence-electron chi connectivity index (χ4n) is 2.25. The second kappa shape index (κ2) is 10.4. The standard InChI is InChI=1S/C19H22BrN3O4/c1-3-25-17-11-14(12-22-23-19(21)24)10-15(20)18(17)27-9-8-26-16-7-5-4-6-13(16)2/h4-7,10-12H,3,8-9H2,1-2H3,(H3,21,23,24)/b22-12-. The number of hydrogen-bond donors (Lipinski definition) is 2. The molecular formula is C19H22BrN3O4.